The number of benzene rings is 2. The lowest BCUT2D eigenvalue weighted by Crippen LogP contribution is -2.07. The normalized spacial score (nSPS) is 10.8. The van der Waals surface area contributed by atoms with E-state index in [1.165, 1.54) is 19.1 Å². The van der Waals surface area contributed by atoms with E-state index < -0.39 is 11.6 Å². The minimum absolute atomic E-state index is 0.0943. The maximum atomic E-state index is 13.7. The summed E-state index contributed by atoms with van der Waals surface area (Å²) in [4.78, 5) is 0. The van der Waals surface area contributed by atoms with E-state index in [2.05, 4.69) is 5.32 Å². The lowest BCUT2D eigenvalue weighted by Gasteiger charge is -2.12. The fourth-order valence-corrected chi connectivity index (χ4v) is 1.98. The van der Waals surface area contributed by atoms with Crippen molar-refractivity contribution in [2.75, 3.05) is 5.32 Å². The van der Waals surface area contributed by atoms with Crippen molar-refractivity contribution < 1.29 is 13.5 Å². The van der Waals surface area contributed by atoms with Gasteiger partial charge in [-0.1, -0.05) is 12.1 Å². The first kappa shape index (κ1) is 15.3. The molecule has 0 saturated heterocycles. The van der Waals surface area contributed by atoms with Gasteiger partial charge in [-0.15, -0.1) is 0 Å². The van der Waals surface area contributed by atoms with Crippen LogP contribution in [0.4, 0.5) is 14.5 Å². The Balaban J connectivity index is 2.08. The smallest absolute Gasteiger partial charge is 0.146 e. The molecule has 2 aromatic rings. The molecular formula is C17H19F2NO. The molecule has 4 heteroatoms. The molecule has 0 radical (unpaired) electrons. The topological polar surface area (TPSA) is 21.3 Å². The Hall–Kier alpha value is -2.10. The summed E-state index contributed by atoms with van der Waals surface area (Å²) in [5, 5.41) is 2.91. The highest BCUT2D eigenvalue weighted by Crippen LogP contribution is 2.21. The molecule has 112 valence electrons. The van der Waals surface area contributed by atoms with Crippen LogP contribution < -0.4 is 10.1 Å². The highest BCUT2D eigenvalue weighted by molar-refractivity contribution is 5.47. The zero-order valence-corrected chi connectivity index (χ0v) is 12.4. The molecule has 0 atom stereocenters. The summed E-state index contributed by atoms with van der Waals surface area (Å²) in [5.41, 5.74) is 1.40. The summed E-state index contributed by atoms with van der Waals surface area (Å²) in [6.45, 7) is 5.84. The second kappa shape index (κ2) is 6.57. The summed E-state index contributed by atoms with van der Waals surface area (Å²) >= 11 is 0. The number of anilines is 1. The van der Waals surface area contributed by atoms with E-state index in [0.717, 1.165) is 11.3 Å². The van der Waals surface area contributed by atoms with Gasteiger partial charge in [-0.3, -0.25) is 0 Å². The van der Waals surface area contributed by atoms with E-state index in [4.69, 9.17) is 4.74 Å². The number of aryl methyl sites for hydroxylation is 1. The molecule has 0 unspecified atom stereocenters. The predicted molar refractivity (Wildman–Crippen MR) is 80.6 cm³/mol. The van der Waals surface area contributed by atoms with Crippen molar-refractivity contribution in [1.82, 2.24) is 0 Å². The molecule has 2 nitrogen and oxygen atoms in total. The van der Waals surface area contributed by atoms with Gasteiger partial charge < -0.3 is 10.1 Å². The van der Waals surface area contributed by atoms with Crippen LogP contribution in [0.3, 0.4) is 0 Å². The minimum Gasteiger partial charge on any atom is -0.491 e. The van der Waals surface area contributed by atoms with Gasteiger partial charge in [0.1, 0.15) is 17.4 Å². The molecule has 0 bridgehead atoms. The summed E-state index contributed by atoms with van der Waals surface area (Å²) in [6.07, 6.45) is 0.0943. The molecule has 1 N–H and O–H groups in total. The highest BCUT2D eigenvalue weighted by atomic mass is 19.1. The van der Waals surface area contributed by atoms with Crippen molar-refractivity contribution in [1.29, 1.82) is 0 Å². The van der Waals surface area contributed by atoms with Crippen LogP contribution in [0.1, 0.15) is 25.0 Å². The Kier molecular flexibility index (Phi) is 4.78. The number of ether oxygens (including phenoxy) is 1. The minimum atomic E-state index is -0.455. The van der Waals surface area contributed by atoms with Crippen LogP contribution in [-0.2, 0) is 6.54 Å². The van der Waals surface area contributed by atoms with Crippen LogP contribution in [-0.4, -0.2) is 6.10 Å². The lowest BCUT2D eigenvalue weighted by atomic mass is 10.2. The van der Waals surface area contributed by atoms with Gasteiger partial charge >= 0.3 is 0 Å². The number of hydrogen-bond donors (Lipinski definition) is 1. The summed E-state index contributed by atoms with van der Waals surface area (Å²) in [6, 6.07) is 9.91. The van der Waals surface area contributed by atoms with Crippen LogP contribution >= 0.6 is 0 Å². The lowest BCUT2D eigenvalue weighted by molar-refractivity contribution is 0.242. The van der Waals surface area contributed by atoms with Gasteiger partial charge in [0, 0.05) is 12.6 Å². The first-order valence-electron chi connectivity index (χ1n) is 6.91. The van der Waals surface area contributed by atoms with Gasteiger partial charge in [0.05, 0.1) is 11.8 Å². The van der Waals surface area contributed by atoms with Gasteiger partial charge in [-0.2, -0.15) is 0 Å². The zero-order valence-electron chi connectivity index (χ0n) is 12.4. The first-order chi connectivity index (χ1) is 9.95. The quantitative estimate of drug-likeness (QED) is 0.864. The molecule has 0 aliphatic carbocycles. The number of halogens is 2. The maximum absolute atomic E-state index is 13.7. The molecule has 0 heterocycles. The first-order valence-corrected chi connectivity index (χ1v) is 6.91. The average molecular weight is 291 g/mol. The average Bonchev–Trinajstić information content (AvgIpc) is 2.41. The molecule has 21 heavy (non-hydrogen) atoms. The Morgan fingerprint density at radius 1 is 1.10 bits per heavy atom. The zero-order chi connectivity index (χ0) is 15.4. The van der Waals surface area contributed by atoms with Gasteiger partial charge in [-0.25, -0.2) is 8.78 Å². The highest BCUT2D eigenvalue weighted by Gasteiger charge is 2.07. The van der Waals surface area contributed by atoms with Gasteiger partial charge in [0.2, 0.25) is 0 Å². The van der Waals surface area contributed by atoms with Crippen molar-refractivity contribution in [3.8, 4) is 5.75 Å². The van der Waals surface area contributed by atoms with E-state index in [-0.39, 0.29) is 11.8 Å². The molecule has 0 aliphatic heterocycles. The number of hydrogen-bond acceptors (Lipinski definition) is 2. The largest absolute Gasteiger partial charge is 0.491 e. The predicted octanol–water partition coefficient (Wildman–Crippen LogP) is 4.67. The Morgan fingerprint density at radius 3 is 2.57 bits per heavy atom. The molecular weight excluding hydrogens is 272 g/mol. The monoisotopic (exact) mass is 291 g/mol. The number of nitrogens with one attached hydrogen (secondary N) is 1. The van der Waals surface area contributed by atoms with Crippen molar-refractivity contribution in [2.24, 2.45) is 0 Å². The van der Waals surface area contributed by atoms with Crippen molar-refractivity contribution in [3.63, 3.8) is 0 Å². The molecule has 2 aromatic carbocycles. The Labute approximate surface area is 123 Å². The van der Waals surface area contributed by atoms with Crippen LogP contribution in [0, 0.1) is 18.6 Å². The van der Waals surface area contributed by atoms with Crippen molar-refractivity contribution in [2.45, 2.75) is 33.4 Å². The third-order valence-corrected chi connectivity index (χ3v) is 3.00. The molecule has 0 aliphatic rings. The fourth-order valence-electron chi connectivity index (χ4n) is 1.98. The Morgan fingerprint density at radius 2 is 1.86 bits per heavy atom. The Bertz CT molecular complexity index is 626. The van der Waals surface area contributed by atoms with Gasteiger partial charge in [0.25, 0.3) is 0 Å². The van der Waals surface area contributed by atoms with Crippen LogP contribution in [0.25, 0.3) is 0 Å². The fraction of sp³-hybridized carbons (Fsp3) is 0.294. The van der Waals surface area contributed by atoms with Crippen molar-refractivity contribution >= 4 is 5.69 Å². The van der Waals surface area contributed by atoms with Crippen LogP contribution in [0.5, 0.6) is 5.75 Å². The molecule has 0 aromatic heterocycles. The van der Waals surface area contributed by atoms with E-state index in [0.29, 0.717) is 12.1 Å². The van der Waals surface area contributed by atoms with E-state index in [1.807, 2.05) is 38.1 Å². The summed E-state index contributed by atoms with van der Waals surface area (Å²) in [5.74, 6) is -0.112. The second-order valence-electron chi connectivity index (χ2n) is 5.25. The summed E-state index contributed by atoms with van der Waals surface area (Å²) in [7, 11) is 0. The number of rotatable bonds is 5. The van der Waals surface area contributed by atoms with E-state index in [9.17, 15) is 8.78 Å². The van der Waals surface area contributed by atoms with Crippen molar-refractivity contribution in [3.05, 3.63) is 59.2 Å². The SMILES string of the molecule is Cc1cc(F)c(NCc2cccc(OC(C)C)c2)cc1F. The third kappa shape index (κ3) is 4.18. The summed E-state index contributed by atoms with van der Waals surface area (Å²) < 4.78 is 32.8. The maximum Gasteiger partial charge on any atom is 0.146 e. The standard InChI is InChI=1S/C17H19F2NO/c1-11(2)21-14-6-4-5-13(8-14)10-20-17-9-15(18)12(3)7-16(17)19/h4-9,11,20H,10H2,1-3H3. The van der Waals surface area contributed by atoms with E-state index in [1.54, 1.807) is 0 Å². The molecule has 0 spiro atoms. The van der Waals surface area contributed by atoms with Crippen LogP contribution in [0.2, 0.25) is 0 Å². The third-order valence-electron chi connectivity index (χ3n) is 3.00. The van der Waals surface area contributed by atoms with Gasteiger partial charge in [0.15, 0.2) is 0 Å². The van der Waals surface area contributed by atoms with Gasteiger partial charge in [-0.05, 0) is 50.1 Å². The second-order valence-corrected chi connectivity index (χ2v) is 5.25. The molecule has 0 fully saturated rings. The molecule has 2 rings (SSSR count). The molecule has 0 saturated carbocycles. The molecule has 0 amide bonds. The van der Waals surface area contributed by atoms with Crippen LogP contribution in [0.15, 0.2) is 36.4 Å². The van der Waals surface area contributed by atoms with E-state index >= 15 is 0 Å².